The number of carbonyl (C=O) groups is 1. The quantitative estimate of drug-likeness (QED) is 0.910. The summed E-state index contributed by atoms with van der Waals surface area (Å²) < 4.78 is 0. The molecule has 0 saturated carbocycles. The van der Waals surface area contributed by atoms with E-state index in [1.165, 1.54) is 0 Å². The van der Waals surface area contributed by atoms with Crippen molar-refractivity contribution in [1.29, 1.82) is 0 Å². The van der Waals surface area contributed by atoms with Crippen LogP contribution in [0.5, 0.6) is 0 Å². The summed E-state index contributed by atoms with van der Waals surface area (Å²) in [6.45, 7) is 4.07. The molecule has 1 unspecified atom stereocenters. The summed E-state index contributed by atoms with van der Waals surface area (Å²) in [6, 6.07) is 5.58. The lowest BCUT2D eigenvalue weighted by Gasteiger charge is -2.39. The molecular formula is C15H19Cl2NO2. The van der Waals surface area contributed by atoms with Gasteiger partial charge < -0.3 is 5.11 Å². The number of aliphatic carboxylic acids is 1. The van der Waals surface area contributed by atoms with E-state index in [0.29, 0.717) is 29.6 Å². The molecule has 1 aliphatic heterocycles. The van der Waals surface area contributed by atoms with Crippen molar-refractivity contribution < 1.29 is 9.90 Å². The van der Waals surface area contributed by atoms with Gasteiger partial charge in [-0.1, -0.05) is 42.3 Å². The van der Waals surface area contributed by atoms with Crippen LogP contribution in [0.25, 0.3) is 0 Å². The van der Waals surface area contributed by atoms with Gasteiger partial charge >= 0.3 is 5.97 Å². The standard InChI is InChI=1S/C15H19Cl2NO2/c1-2-15(14(19)20)7-4-8-18(10-15)9-11-5-3-6-12(16)13(11)17/h3,5-6H,2,4,7-10H2,1H3,(H,19,20). The van der Waals surface area contributed by atoms with E-state index in [1.54, 1.807) is 6.07 Å². The lowest BCUT2D eigenvalue weighted by atomic mass is 9.77. The average Bonchev–Trinajstić information content (AvgIpc) is 2.44. The topological polar surface area (TPSA) is 40.5 Å². The Morgan fingerprint density at radius 1 is 1.45 bits per heavy atom. The van der Waals surface area contributed by atoms with E-state index >= 15 is 0 Å². The molecule has 1 N–H and O–H groups in total. The summed E-state index contributed by atoms with van der Waals surface area (Å²) in [5.74, 6) is -0.693. The fourth-order valence-electron chi connectivity index (χ4n) is 2.89. The molecule has 5 heteroatoms. The van der Waals surface area contributed by atoms with Gasteiger partial charge in [0.2, 0.25) is 0 Å². The Hall–Kier alpha value is -0.770. The fraction of sp³-hybridized carbons (Fsp3) is 0.533. The summed E-state index contributed by atoms with van der Waals surface area (Å²) in [4.78, 5) is 13.7. The number of likely N-dealkylation sites (tertiary alicyclic amines) is 1. The predicted molar refractivity (Wildman–Crippen MR) is 81.3 cm³/mol. The van der Waals surface area contributed by atoms with Gasteiger partial charge in [0.15, 0.2) is 0 Å². The highest BCUT2D eigenvalue weighted by Gasteiger charge is 2.40. The molecule has 0 amide bonds. The van der Waals surface area contributed by atoms with Crippen molar-refractivity contribution in [3.8, 4) is 0 Å². The van der Waals surface area contributed by atoms with Crippen LogP contribution in [-0.2, 0) is 11.3 Å². The average molecular weight is 316 g/mol. The molecule has 20 heavy (non-hydrogen) atoms. The second kappa shape index (κ2) is 6.33. The molecule has 3 nitrogen and oxygen atoms in total. The summed E-state index contributed by atoms with van der Waals surface area (Å²) in [5, 5.41) is 10.6. The first-order chi connectivity index (χ1) is 9.48. The van der Waals surface area contributed by atoms with Gasteiger partial charge in [-0.25, -0.2) is 0 Å². The molecule has 0 aliphatic carbocycles. The smallest absolute Gasteiger partial charge is 0.310 e. The highest BCUT2D eigenvalue weighted by molar-refractivity contribution is 6.42. The Morgan fingerprint density at radius 2 is 2.20 bits per heavy atom. The Kier molecular flexibility index (Phi) is 4.95. The molecular weight excluding hydrogens is 297 g/mol. The zero-order valence-electron chi connectivity index (χ0n) is 11.5. The third-order valence-electron chi connectivity index (χ3n) is 4.21. The number of hydrogen-bond donors (Lipinski definition) is 1. The van der Waals surface area contributed by atoms with E-state index in [-0.39, 0.29) is 0 Å². The third kappa shape index (κ3) is 3.11. The number of nitrogens with zero attached hydrogens (tertiary/aromatic N) is 1. The Bertz CT molecular complexity index is 507. The molecule has 0 bridgehead atoms. The molecule has 1 aromatic rings. The number of benzene rings is 1. The molecule has 0 aromatic heterocycles. The van der Waals surface area contributed by atoms with E-state index < -0.39 is 11.4 Å². The zero-order valence-corrected chi connectivity index (χ0v) is 13.0. The van der Waals surface area contributed by atoms with Crippen molar-refractivity contribution in [2.24, 2.45) is 5.41 Å². The van der Waals surface area contributed by atoms with E-state index in [9.17, 15) is 9.90 Å². The summed E-state index contributed by atoms with van der Waals surface area (Å²) in [7, 11) is 0. The van der Waals surface area contributed by atoms with E-state index in [4.69, 9.17) is 23.2 Å². The monoisotopic (exact) mass is 315 g/mol. The molecule has 1 atom stereocenters. The normalized spacial score (nSPS) is 23.8. The first-order valence-corrected chi connectivity index (χ1v) is 7.63. The lowest BCUT2D eigenvalue weighted by Crippen LogP contribution is -2.47. The fourth-order valence-corrected chi connectivity index (χ4v) is 3.27. The first kappa shape index (κ1) is 15.6. The summed E-state index contributed by atoms with van der Waals surface area (Å²) in [6.07, 6.45) is 2.30. The van der Waals surface area contributed by atoms with Crippen LogP contribution >= 0.6 is 23.2 Å². The van der Waals surface area contributed by atoms with Crippen molar-refractivity contribution >= 4 is 29.2 Å². The highest BCUT2D eigenvalue weighted by atomic mass is 35.5. The van der Waals surface area contributed by atoms with Crippen molar-refractivity contribution in [3.63, 3.8) is 0 Å². The highest BCUT2D eigenvalue weighted by Crippen LogP contribution is 2.35. The minimum atomic E-state index is -0.693. The first-order valence-electron chi connectivity index (χ1n) is 6.87. The Morgan fingerprint density at radius 3 is 2.85 bits per heavy atom. The number of halogens is 2. The van der Waals surface area contributed by atoms with Gasteiger partial charge in [-0.15, -0.1) is 0 Å². The van der Waals surface area contributed by atoms with Gasteiger partial charge in [-0.05, 0) is 37.4 Å². The van der Waals surface area contributed by atoms with Gasteiger partial charge in [0.25, 0.3) is 0 Å². The second-order valence-corrected chi connectivity index (χ2v) is 6.25. The Balaban J connectivity index is 2.14. The largest absolute Gasteiger partial charge is 0.481 e. The van der Waals surface area contributed by atoms with Crippen LogP contribution < -0.4 is 0 Å². The number of rotatable bonds is 4. The van der Waals surface area contributed by atoms with Gasteiger partial charge in [-0.3, -0.25) is 9.69 Å². The summed E-state index contributed by atoms with van der Waals surface area (Å²) in [5.41, 5.74) is 0.333. The molecule has 1 aliphatic rings. The van der Waals surface area contributed by atoms with E-state index in [1.807, 2.05) is 19.1 Å². The van der Waals surface area contributed by atoms with Crippen molar-refractivity contribution in [2.75, 3.05) is 13.1 Å². The van der Waals surface area contributed by atoms with Gasteiger partial charge in [0, 0.05) is 13.1 Å². The predicted octanol–water partition coefficient (Wildman–Crippen LogP) is 4.07. The number of carboxylic acids is 1. The van der Waals surface area contributed by atoms with Crippen LogP contribution in [0.1, 0.15) is 31.7 Å². The number of hydrogen-bond acceptors (Lipinski definition) is 2. The van der Waals surface area contributed by atoms with Crippen molar-refractivity contribution in [3.05, 3.63) is 33.8 Å². The maximum absolute atomic E-state index is 11.6. The molecule has 1 saturated heterocycles. The van der Waals surface area contributed by atoms with Crippen molar-refractivity contribution in [2.45, 2.75) is 32.7 Å². The molecule has 1 heterocycles. The van der Waals surface area contributed by atoms with Gasteiger partial charge in [0.1, 0.15) is 0 Å². The Labute approximate surface area is 129 Å². The van der Waals surface area contributed by atoms with E-state index in [0.717, 1.165) is 24.9 Å². The van der Waals surface area contributed by atoms with Crippen LogP contribution in [0.15, 0.2) is 18.2 Å². The van der Waals surface area contributed by atoms with Crippen LogP contribution in [0.4, 0.5) is 0 Å². The molecule has 1 fully saturated rings. The lowest BCUT2D eigenvalue weighted by molar-refractivity contribution is -0.153. The number of piperidine rings is 1. The van der Waals surface area contributed by atoms with Crippen LogP contribution in [0.3, 0.4) is 0 Å². The van der Waals surface area contributed by atoms with Crippen LogP contribution in [0, 0.1) is 5.41 Å². The SMILES string of the molecule is CCC1(C(=O)O)CCCN(Cc2cccc(Cl)c2Cl)C1. The molecule has 110 valence electrons. The van der Waals surface area contributed by atoms with Crippen LogP contribution in [-0.4, -0.2) is 29.1 Å². The molecule has 1 aromatic carbocycles. The van der Waals surface area contributed by atoms with E-state index in [2.05, 4.69) is 4.90 Å². The molecule has 2 rings (SSSR count). The molecule has 0 radical (unpaired) electrons. The maximum Gasteiger partial charge on any atom is 0.310 e. The van der Waals surface area contributed by atoms with Crippen molar-refractivity contribution in [1.82, 2.24) is 4.90 Å². The zero-order chi connectivity index (χ0) is 14.8. The second-order valence-electron chi connectivity index (χ2n) is 5.47. The molecule has 0 spiro atoms. The number of carboxylic acid groups (broad SMARTS) is 1. The minimum Gasteiger partial charge on any atom is -0.481 e. The summed E-state index contributed by atoms with van der Waals surface area (Å²) >= 11 is 12.2. The van der Waals surface area contributed by atoms with Gasteiger partial charge in [0.05, 0.1) is 15.5 Å². The third-order valence-corrected chi connectivity index (χ3v) is 5.07. The maximum atomic E-state index is 11.6. The minimum absolute atomic E-state index is 0.543. The van der Waals surface area contributed by atoms with Gasteiger partial charge in [-0.2, -0.15) is 0 Å². The van der Waals surface area contributed by atoms with Crippen LogP contribution in [0.2, 0.25) is 10.0 Å².